The number of allylic oxidation sites excluding steroid dienone is 1. The van der Waals surface area contributed by atoms with E-state index in [4.69, 9.17) is 0 Å². The Morgan fingerprint density at radius 1 is 1.00 bits per heavy atom. The van der Waals surface area contributed by atoms with Crippen molar-refractivity contribution in [3.8, 4) is 0 Å². The molecule has 2 rings (SSSR count). The van der Waals surface area contributed by atoms with Crippen LogP contribution in [0.3, 0.4) is 0 Å². The van der Waals surface area contributed by atoms with Crippen molar-refractivity contribution in [3.63, 3.8) is 0 Å². The molecule has 13 heavy (non-hydrogen) atoms. The molecule has 1 atom stereocenters. The zero-order valence-electron chi connectivity index (χ0n) is 8.34. The highest BCUT2D eigenvalue weighted by Crippen LogP contribution is 2.32. The first-order valence-electron chi connectivity index (χ1n) is 5.71. The predicted molar refractivity (Wildman–Crippen MR) is 55.9 cm³/mol. The standard InChI is InChI=1S/C12H20N/c1-2-4-6-11(5-3-1)12-7-9-13-10-8-12/h7,9-13H,1-6,8H2. The van der Waals surface area contributed by atoms with E-state index in [-0.39, 0.29) is 0 Å². The largest absolute Gasteiger partial charge is 0.386 e. The molecule has 1 heterocycles. The molecule has 1 aliphatic heterocycles. The van der Waals surface area contributed by atoms with Crippen LogP contribution >= 0.6 is 0 Å². The van der Waals surface area contributed by atoms with Gasteiger partial charge in [-0.05, 0) is 37.3 Å². The van der Waals surface area contributed by atoms with Crippen LogP contribution in [0.15, 0.2) is 12.3 Å². The first-order chi connectivity index (χ1) is 6.47. The summed E-state index contributed by atoms with van der Waals surface area (Å²) >= 11 is 0. The van der Waals surface area contributed by atoms with Crippen molar-refractivity contribution in [3.05, 3.63) is 18.8 Å². The summed E-state index contributed by atoms with van der Waals surface area (Å²) in [6, 6.07) is 0. The van der Waals surface area contributed by atoms with Crippen LogP contribution in [0.1, 0.15) is 44.9 Å². The lowest BCUT2D eigenvalue weighted by atomic mass is 9.83. The van der Waals surface area contributed by atoms with Crippen LogP contribution in [-0.2, 0) is 0 Å². The second kappa shape index (κ2) is 4.69. The highest BCUT2D eigenvalue weighted by molar-refractivity contribution is 4.98. The second-order valence-electron chi connectivity index (χ2n) is 4.38. The van der Waals surface area contributed by atoms with Gasteiger partial charge in [0.2, 0.25) is 0 Å². The zero-order chi connectivity index (χ0) is 8.93. The van der Waals surface area contributed by atoms with Crippen molar-refractivity contribution in [1.82, 2.24) is 5.32 Å². The van der Waals surface area contributed by atoms with Crippen molar-refractivity contribution < 1.29 is 0 Å². The van der Waals surface area contributed by atoms with E-state index in [1.54, 1.807) is 0 Å². The molecule has 0 amide bonds. The Hall–Kier alpha value is -0.460. The number of hydrogen-bond acceptors (Lipinski definition) is 1. The van der Waals surface area contributed by atoms with Crippen LogP contribution in [0.2, 0.25) is 0 Å². The van der Waals surface area contributed by atoms with Gasteiger partial charge in [0.05, 0.1) is 0 Å². The summed E-state index contributed by atoms with van der Waals surface area (Å²) in [6.45, 7) is 2.20. The molecule has 1 fully saturated rings. The normalized spacial score (nSPS) is 30.9. The van der Waals surface area contributed by atoms with Crippen molar-refractivity contribution >= 4 is 0 Å². The van der Waals surface area contributed by atoms with E-state index >= 15 is 0 Å². The number of nitrogens with one attached hydrogen (secondary N) is 1. The minimum Gasteiger partial charge on any atom is -0.386 e. The van der Waals surface area contributed by atoms with E-state index in [2.05, 4.69) is 24.1 Å². The first kappa shape index (κ1) is 9.11. The van der Waals surface area contributed by atoms with Gasteiger partial charge in [-0.2, -0.15) is 0 Å². The van der Waals surface area contributed by atoms with E-state index in [0.29, 0.717) is 0 Å². The maximum absolute atomic E-state index is 3.16. The molecule has 73 valence electrons. The molecule has 1 saturated carbocycles. The smallest absolute Gasteiger partial charge is 0.0462 e. The molecule has 1 aliphatic carbocycles. The van der Waals surface area contributed by atoms with Crippen LogP contribution in [0.25, 0.3) is 0 Å². The fourth-order valence-corrected chi connectivity index (χ4v) is 2.62. The average Bonchev–Trinajstić information content (AvgIpc) is 2.47. The molecule has 2 aliphatic rings. The van der Waals surface area contributed by atoms with Gasteiger partial charge in [0.1, 0.15) is 0 Å². The van der Waals surface area contributed by atoms with Gasteiger partial charge in [-0.25, -0.2) is 0 Å². The van der Waals surface area contributed by atoms with Crippen molar-refractivity contribution in [2.45, 2.75) is 44.9 Å². The average molecular weight is 178 g/mol. The van der Waals surface area contributed by atoms with E-state index in [0.717, 1.165) is 11.8 Å². The highest BCUT2D eigenvalue weighted by atomic mass is 14.8. The minimum absolute atomic E-state index is 0.833. The van der Waals surface area contributed by atoms with Gasteiger partial charge in [-0.3, -0.25) is 0 Å². The van der Waals surface area contributed by atoms with Gasteiger partial charge in [-0.15, -0.1) is 0 Å². The third-order valence-electron chi connectivity index (χ3n) is 3.45. The Bertz CT molecular complexity index is 166. The Labute approximate surface area is 81.6 Å². The van der Waals surface area contributed by atoms with Crippen LogP contribution in [0, 0.1) is 18.4 Å². The molecule has 1 radical (unpaired) electrons. The maximum Gasteiger partial charge on any atom is 0.0462 e. The van der Waals surface area contributed by atoms with Crippen molar-refractivity contribution in [2.75, 3.05) is 0 Å². The van der Waals surface area contributed by atoms with Crippen LogP contribution in [0.5, 0.6) is 0 Å². The maximum atomic E-state index is 3.16. The monoisotopic (exact) mass is 178 g/mol. The summed E-state index contributed by atoms with van der Waals surface area (Å²) in [6.07, 6.45) is 14.5. The summed E-state index contributed by atoms with van der Waals surface area (Å²) in [5.74, 6) is 1.80. The molecule has 0 spiro atoms. The number of rotatable bonds is 1. The second-order valence-corrected chi connectivity index (χ2v) is 4.38. The molecule has 1 unspecified atom stereocenters. The number of hydrogen-bond donors (Lipinski definition) is 1. The third-order valence-corrected chi connectivity index (χ3v) is 3.45. The summed E-state index contributed by atoms with van der Waals surface area (Å²) in [7, 11) is 0. The lowest BCUT2D eigenvalue weighted by Gasteiger charge is -2.25. The molecule has 1 heteroatoms. The van der Waals surface area contributed by atoms with Gasteiger partial charge in [-0.1, -0.05) is 31.8 Å². The topological polar surface area (TPSA) is 12.0 Å². The molecule has 1 nitrogen and oxygen atoms in total. The van der Waals surface area contributed by atoms with Gasteiger partial charge < -0.3 is 5.32 Å². The summed E-state index contributed by atoms with van der Waals surface area (Å²) in [4.78, 5) is 0. The van der Waals surface area contributed by atoms with E-state index in [9.17, 15) is 0 Å². The zero-order valence-corrected chi connectivity index (χ0v) is 8.34. The van der Waals surface area contributed by atoms with Crippen molar-refractivity contribution in [2.24, 2.45) is 11.8 Å². The fourth-order valence-electron chi connectivity index (χ4n) is 2.62. The Morgan fingerprint density at radius 2 is 1.77 bits per heavy atom. The molecular formula is C12H20N. The molecule has 0 aromatic heterocycles. The predicted octanol–water partition coefficient (Wildman–Crippen LogP) is 3.24. The molecular weight excluding hydrogens is 158 g/mol. The fraction of sp³-hybridized carbons (Fsp3) is 0.750. The van der Waals surface area contributed by atoms with Gasteiger partial charge >= 0.3 is 0 Å². The van der Waals surface area contributed by atoms with Crippen LogP contribution < -0.4 is 5.32 Å². The van der Waals surface area contributed by atoms with E-state index < -0.39 is 0 Å². The Morgan fingerprint density at radius 3 is 2.38 bits per heavy atom. The van der Waals surface area contributed by atoms with E-state index in [1.807, 2.05) is 0 Å². The molecule has 0 saturated heterocycles. The Balaban J connectivity index is 1.89. The quantitative estimate of drug-likeness (QED) is 0.608. The summed E-state index contributed by atoms with van der Waals surface area (Å²) in [5.41, 5.74) is 0. The lowest BCUT2D eigenvalue weighted by molar-refractivity contribution is 0.338. The van der Waals surface area contributed by atoms with Crippen LogP contribution in [0.4, 0.5) is 0 Å². The van der Waals surface area contributed by atoms with Gasteiger partial charge in [0.15, 0.2) is 0 Å². The molecule has 1 N–H and O–H groups in total. The third kappa shape index (κ3) is 2.49. The van der Waals surface area contributed by atoms with E-state index in [1.165, 1.54) is 44.9 Å². The minimum atomic E-state index is 0.833. The molecule has 0 bridgehead atoms. The SMILES string of the molecule is [CH]1CC(C2CCCCCC2)C=CN1. The summed E-state index contributed by atoms with van der Waals surface area (Å²) in [5, 5.41) is 3.16. The van der Waals surface area contributed by atoms with Gasteiger partial charge in [0.25, 0.3) is 0 Å². The lowest BCUT2D eigenvalue weighted by Crippen LogP contribution is -2.19. The molecule has 0 aromatic rings. The molecule has 0 aromatic carbocycles. The van der Waals surface area contributed by atoms with Crippen molar-refractivity contribution in [1.29, 1.82) is 0 Å². The van der Waals surface area contributed by atoms with Crippen LogP contribution in [-0.4, -0.2) is 0 Å². The highest BCUT2D eigenvalue weighted by Gasteiger charge is 2.21. The first-order valence-corrected chi connectivity index (χ1v) is 5.71. The van der Waals surface area contributed by atoms with Gasteiger partial charge in [0, 0.05) is 6.54 Å². The summed E-state index contributed by atoms with van der Waals surface area (Å²) < 4.78 is 0. The Kier molecular flexibility index (Phi) is 3.28.